The standard InChI is InChI=1S/C68H112N2O47/c1-15-31(78)39(86)44(91)61(98-15)115-56-42(89)32(79)16(2)99-66(56)113-55-48(95)65(103-20(6)50(55)110-63-46(93)41(88)36(83)26(12-72)107-63)112-52-30(70-22(8)75)60(108-28(38(52)85)14-97-23(9)76)117-58-53(104-24(10)77)34(81)18(4)101-68(58)116-57-43(90)33(80)17(3)100-67(57)114-54-47(94)64(111-51-29(69-21(7)74)59(96)105-27(13-73)37(51)84)102-19(5)49(54)109-62-45(92)40(87)35(82)25(11-71)106-62/h15-20,25-68,71-73,78-96H,11-14H2,1-10H3,(H,69,74)(H,70,75)/t15-,16-,17-,18-,19-,20-,25+,26+,27+,28+,29+,30+,31-,32-,33-,34-,35+,36+,37+,38+,39+,40-,41-,42+,43+,44+,45+,46+,47+,48+,49-,50-,51+,52+,53+,54-,55-,56+,57+,58+,59+,60-,61-,62+,63+,64-,65-,66-,67-,68-/m0/s1. The smallest absolute Gasteiger partial charge is 0.303 e. The van der Waals surface area contributed by atoms with Crippen LogP contribution >= 0.6 is 0 Å². The van der Waals surface area contributed by atoms with Crippen LogP contribution in [0.4, 0.5) is 0 Å². The molecule has 10 aliphatic rings. The minimum absolute atomic E-state index is 0.802. The van der Waals surface area contributed by atoms with Gasteiger partial charge in [-0.3, -0.25) is 19.2 Å². The predicted octanol–water partition coefficient (Wildman–Crippen LogP) is -15.2. The quantitative estimate of drug-likeness (QED) is 0.0358. The second-order valence-corrected chi connectivity index (χ2v) is 30.6. The summed E-state index contributed by atoms with van der Waals surface area (Å²) in [7, 11) is 0. The van der Waals surface area contributed by atoms with Crippen molar-refractivity contribution in [1.29, 1.82) is 0 Å². The topological polar surface area (TPSA) is 731 Å². The van der Waals surface area contributed by atoms with Gasteiger partial charge in [0.25, 0.3) is 0 Å². The predicted molar refractivity (Wildman–Crippen MR) is 364 cm³/mol. The Kier molecular flexibility index (Phi) is 33.0. The van der Waals surface area contributed by atoms with Gasteiger partial charge in [-0.05, 0) is 41.5 Å². The van der Waals surface area contributed by atoms with E-state index in [9.17, 15) is 132 Å². The zero-order valence-corrected chi connectivity index (χ0v) is 64.7. The Morgan fingerprint density at radius 1 is 0.256 bits per heavy atom. The maximum absolute atomic E-state index is 13.7. The molecular weight excluding hydrogens is 1600 g/mol. The highest BCUT2D eigenvalue weighted by molar-refractivity contribution is 5.73. The van der Waals surface area contributed by atoms with E-state index in [4.69, 9.17) is 99.5 Å². The van der Waals surface area contributed by atoms with E-state index < -0.39 is 357 Å². The molecule has 0 saturated carbocycles. The Bertz CT molecular complexity index is 3180. The van der Waals surface area contributed by atoms with Crippen LogP contribution in [-0.4, -0.2) is 469 Å². The number of hydrogen-bond donors (Lipinski definition) is 24. The Morgan fingerprint density at radius 2 is 0.564 bits per heavy atom. The summed E-state index contributed by atoms with van der Waals surface area (Å²) in [6.45, 7) is 7.50. The summed E-state index contributed by atoms with van der Waals surface area (Å²) in [5.41, 5.74) is 0. The van der Waals surface area contributed by atoms with Gasteiger partial charge >= 0.3 is 11.9 Å². The molecule has 10 aliphatic heterocycles. The van der Waals surface area contributed by atoms with E-state index in [0.717, 1.165) is 27.7 Å². The average molecular weight is 1710 g/mol. The molecule has 0 spiro atoms. The molecule has 676 valence electrons. The van der Waals surface area contributed by atoms with Crippen molar-refractivity contribution in [2.75, 3.05) is 26.4 Å². The van der Waals surface area contributed by atoms with E-state index in [2.05, 4.69) is 10.6 Å². The fourth-order valence-corrected chi connectivity index (χ4v) is 15.4. The van der Waals surface area contributed by atoms with Gasteiger partial charge in [-0.25, -0.2) is 0 Å². The monoisotopic (exact) mass is 1710 g/mol. The van der Waals surface area contributed by atoms with E-state index in [1.807, 2.05) is 0 Å². The molecule has 10 rings (SSSR count). The van der Waals surface area contributed by atoms with E-state index in [1.54, 1.807) is 0 Å². The number of ether oxygens (including phenoxy) is 21. The highest BCUT2D eigenvalue weighted by atomic mass is 16.8. The average Bonchev–Trinajstić information content (AvgIpc) is 0.765. The summed E-state index contributed by atoms with van der Waals surface area (Å²) in [6.07, 6.45) is -94.5. The molecule has 0 radical (unpaired) electrons. The molecule has 0 aromatic heterocycles. The minimum atomic E-state index is -2.42. The Balaban J connectivity index is 1.01. The summed E-state index contributed by atoms with van der Waals surface area (Å²) < 4.78 is 127. The molecule has 10 saturated heterocycles. The molecule has 49 heteroatoms. The van der Waals surface area contributed by atoms with Crippen molar-refractivity contribution < 1.29 is 231 Å². The number of rotatable bonds is 26. The highest BCUT2D eigenvalue weighted by Gasteiger charge is 2.62. The molecular formula is C68H112N2O47. The Labute approximate surface area is 666 Å². The van der Waals surface area contributed by atoms with Crippen molar-refractivity contribution in [3.05, 3.63) is 0 Å². The Hall–Kier alpha value is -3.76. The second kappa shape index (κ2) is 40.5. The van der Waals surface area contributed by atoms with Crippen molar-refractivity contribution in [3.8, 4) is 0 Å². The van der Waals surface area contributed by atoms with Gasteiger partial charge in [0, 0.05) is 27.7 Å². The number of aliphatic hydroxyl groups is 22. The lowest BCUT2D eigenvalue weighted by molar-refractivity contribution is -0.411. The third kappa shape index (κ3) is 20.9. The summed E-state index contributed by atoms with van der Waals surface area (Å²) in [6, 6.07) is -3.72. The van der Waals surface area contributed by atoms with Gasteiger partial charge in [0.2, 0.25) is 11.8 Å². The molecule has 0 aromatic carbocycles. The minimum Gasteiger partial charge on any atom is -0.463 e. The van der Waals surface area contributed by atoms with Crippen LogP contribution in [0, 0.1) is 0 Å². The zero-order valence-electron chi connectivity index (χ0n) is 64.7. The van der Waals surface area contributed by atoms with Crippen molar-refractivity contribution in [2.45, 2.75) is 376 Å². The number of esters is 2. The number of carbonyl (C=O) groups excluding carboxylic acids is 4. The molecule has 24 N–H and O–H groups in total. The first kappa shape index (κ1) is 95.5. The summed E-state index contributed by atoms with van der Waals surface area (Å²) in [4.78, 5) is 52.2. The first-order valence-corrected chi connectivity index (χ1v) is 38.1. The molecule has 2 amide bonds. The van der Waals surface area contributed by atoms with Gasteiger partial charge in [-0.15, -0.1) is 0 Å². The van der Waals surface area contributed by atoms with Crippen molar-refractivity contribution in [2.24, 2.45) is 0 Å². The largest absolute Gasteiger partial charge is 0.463 e. The lowest BCUT2D eigenvalue weighted by atomic mass is 9.94. The molecule has 10 heterocycles. The molecule has 0 unspecified atom stereocenters. The molecule has 50 atom stereocenters. The third-order valence-corrected chi connectivity index (χ3v) is 22.0. The van der Waals surface area contributed by atoms with Crippen LogP contribution in [0.5, 0.6) is 0 Å². The van der Waals surface area contributed by atoms with Crippen LogP contribution in [0.25, 0.3) is 0 Å². The van der Waals surface area contributed by atoms with Gasteiger partial charge in [-0.1, -0.05) is 0 Å². The van der Waals surface area contributed by atoms with Gasteiger partial charge in [-0.2, -0.15) is 0 Å². The molecule has 0 bridgehead atoms. The second-order valence-electron chi connectivity index (χ2n) is 30.6. The summed E-state index contributed by atoms with van der Waals surface area (Å²) >= 11 is 0. The lowest BCUT2D eigenvalue weighted by Gasteiger charge is -2.52. The van der Waals surface area contributed by atoms with E-state index in [-0.39, 0.29) is 0 Å². The highest BCUT2D eigenvalue weighted by Crippen LogP contribution is 2.42. The number of carbonyl (C=O) groups is 4. The van der Waals surface area contributed by atoms with Crippen molar-refractivity contribution in [1.82, 2.24) is 10.6 Å². The zero-order chi connectivity index (χ0) is 86.3. The number of amides is 2. The van der Waals surface area contributed by atoms with Gasteiger partial charge in [0.1, 0.15) is 202 Å². The van der Waals surface area contributed by atoms with Crippen LogP contribution in [0.1, 0.15) is 69.2 Å². The summed E-state index contributed by atoms with van der Waals surface area (Å²) in [5, 5.41) is 253. The molecule has 117 heavy (non-hydrogen) atoms. The number of hydrogen-bond acceptors (Lipinski definition) is 47. The Morgan fingerprint density at radius 3 is 0.991 bits per heavy atom. The van der Waals surface area contributed by atoms with Crippen LogP contribution < -0.4 is 10.6 Å². The lowest BCUT2D eigenvalue weighted by Crippen LogP contribution is -2.71. The molecule has 49 nitrogen and oxygen atoms in total. The van der Waals surface area contributed by atoms with Crippen molar-refractivity contribution in [3.63, 3.8) is 0 Å². The number of aliphatic hydroxyl groups excluding tert-OH is 22. The molecule has 10 fully saturated rings. The van der Waals surface area contributed by atoms with Crippen LogP contribution in [0.3, 0.4) is 0 Å². The summed E-state index contributed by atoms with van der Waals surface area (Å²) in [5.74, 6) is -3.94. The third-order valence-electron chi connectivity index (χ3n) is 22.0. The van der Waals surface area contributed by atoms with E-state index in [1.165, 1.54) is 41.5 Å². The first-order chi connectivity index (χ1) is 55.0. The SMILES string of the molecule is CC(=O)N[C@@H]1[C@@H](O[C@@H]2O[C@@H](C)[C@H](O[C@H]3O[C@H](CO)[C@@H](O)[C@H](O)[C@H]3O)[C@@H](O[C@@H]3O[C@@H](C)[C@H](O)[C@@H](O)[C@H]3O[C@@H]3O[C@@H](C)[C@H](O)[C@@H](OC(C)=O)[C@H]3O[C@@H]3O[C@H](COC(C)=O)[C@@H](O)[C@H](O[C@@H]4O[C@@H](C)[C@H](O[C@H]5O[C@H](CO)[C@@H](O)[C@H](O)[C@H]5O)[C@@H](O[C@@H]5O[C@@H](C)[C@H](O)[C@@H](O)[C@H]5O[C@@H]5O[C@@H](C)[C@H](O)[C@@H](O)[C@H]5O)[C@H]4O)[C@H]3NC(C)=O)[C@H]2O)[C@H](O)[C@@H](CO)O[C@H]1O. The van der Waals surface area contributed by atoms with E-state index in [0.29, 0.717) is 0 Å². The maximum Gasteiger partial charge on any atom is 0.303 e. The van der Waals surface area contributed by atoms with Gasteiger partial charge < -0.3 is 222 Å². The van der Waals surface area contributed by atoms with E-state index >= 15 is 0 Å². The normalized spacial score (nSPS) is 51.3. The first-order valence-electron chi connectivity index (χ1n) is 38.1. The van der Waals surface area contributed by atoms with Crippen LogP contribution in [0.15, 0.2) is 0 Å². The molecule has 0 aliphatic carbocycles. The number of nitrogens with one attached hydrogen (secondary N) is 2. The molecule has 0 aromatic rings. The van der Waals surface area contributed by atoms with Crippen molar-refractivity contribution >= 4 is 23.8 Å². The van der Waals surface area contributed by atoms with Crippen LogP contribution in [0.2, 0.25) is 0 Å². The maximum atomic E-state index is 13.7. The fraction of sp³-hybridized carbons (Fsp3) is 0.941. The van der Waals surface area contributed by atoms with Gasteiger partial charge in [0.05, 0.1) is 56.4 Å². The fourth-order valence-electron chi connectivity index (χ4n) is 15.4. The van der Waals surface area contributed by atoms with Crippen LogP contribution in [-0.2, 0) is 119 Å². The van der Waals surface area contributed by atoms with Gasteiger partial charge in [0.15, 0.2) is 75.1 Å².